The first-order chi connectivity index (χ1) is 5.72. The lowest BCUT2D eigenvalue weighted by Gasteiger charge is -2.10. The maximum Gasteiger partial charge on any atom is 0.236 e. The number of carbonyl (C=O) groups excluding carboxylic acids is 1. The van der Waals surface area contributed by atoms with E-state index in [-0.39, 0.29) is 11.9 Å². The van der Waals surface area contributed by atoms with Crippen LogP contribution in [0.4, 0.5) is 0 Å². The molecular formula is C8H18N2OS. The Kier molecular flexibility index (Phi) is 7.29. The second-order valence-corrected chi connectivity index (χ2v) is 3.66. The molecule has 0 fully saturated rings. The van der Waals surface area contributed by atoms with Crippen molar-refractivity contribution in [1.29, 1.82) is 0 Å². The topological polar surface area (TPSA) is 55.1 Å². The molecule has 0 aliphatic carbocycles. The average Bonchev–Trinajstić information content (AvgIpc) is 2.05. The summed E-state index contributed by atoms with van der Waals surface area (Å²) in [5.41, 5.74) is 5.59. The van der Waals surface area contributed by atoms with E-state index in [1.807, 2.05) is 13.2 Å². The SMILES string of the molecule is CCCC(N)C(=O)NCCSC. The van der Waals surface area contributed by atoms with Crippen LogP contribution < -0.4 is 11.1 Å². The van der Waals surface area contributed by atoms with Crippen LogP contribution >= 0.6 is 11.8 Å². The molecule has 0 aromatic carbocycles. The molecule has 0 aliphatic rings. The Hall–Kier alpha value is -0.220. The van der Waals surface area contributed by atoms with Crippen LogP contribution in [0.3, 0.4) is 0 Å². The van der Waals surface area contributed by atoms with Gasteiger partial charge in [-0.25, -0.2) is 0 Å². The Morgan fingerprint density at radius 3 is 2.83 bits per heavy atom. The summed E-state index contributed by atoms with van der Waals surface area (Å²) < 4.78 is 0. The highest BCUT2D eigenvalue weighted by Gasteiger charge is 2.10. The number of nitrogens with one attached hydrogen (secondary N) is 1. The van der Waals surface area contributed by atoms with E-state index in [1.165, 1.54) is 0 Å². The molecule has 0 rings (SSSR count). The van der Waals surface area contributed by atoms with Crippen LogP contribution in [0.5, 0.6) is 0 Å². The Morgan fingerprint density at radius 1 is 1.67 bits per heavy atom. The van der Waals surface area contributed by atoms with Crippen molar-refractivity contribution in [3.8, 4) is 0 Å². The van der Waals surface area contributed by atoms with E-state index < -0.39 is 0 Å². The largest absolute Gasteiger partial charge is 0.354 e. The number of amides is 1. The van der Waals surface area contributed by atoms with Crippen molar-refractivity contribution >= 4 is 17.7 Å². The van der Waals surface area contributed by atoms with Crippen LogP contribution in [0.15, 0.2) is 0 Å². The molecule has 0 bridgehead atoms. The van der Waals surface area contributed by atoms with Gasteiger partial charge in [0.2, 0.25) is 5.91 Å². The first kappa shape index (κ1) is 11.8. The van der Waals surface area contributed by atoms with E-state index in [4.69, 9.17) is 5.73 Å². The van der Waals surface area contributed by atoms with E-state index in [2.05, 4.69) is 5.32 Å². The van der Waals surface area contributed by atoms with Crippen molar-refractivity contribution in [2.45, 2.75) is 25.8 Å². The van der Waals surface area contributed by atoms with Gasteiger partial charge in [0.15, 0.2) is 0 Å². The van der Waals surface area contributed by atoms with Gasteiger partial charge in [-0.05, 0) is 12.7 Å². The van der Waals surface area contributed by atoms with Crippen molar-refractivity contribution < 1.29 is 4.79 Å². The quantitative estimate of drug-likeness (QED) is 0.603. The fourth-order valence-corrected chi connectivity index (χ4v) is 1.16. The van der Waals surface area contributed by atoms with Crippen LogP contribution in [-0.4, -0.2) is 30.5 Å². The zero-order chi connectivity index (χ0) is 9.40. The van der Waals surface area contributed by atoms with Gasteiger partial charge in [-0.3, -0.25) is 4.79 Å². The van der Waals surface area contributed by atoms with Gasteiger partial charge in [0.05, 0.1) is 6.04 Å². The Labute approximate surface area is 78.5 Å². The van der Waals surface area contributed by atoms with Gasteiger partial charge in [0.1, 0.15) is 0 Å². The number of hydrogen-bond donors (Lipinski definition) is 2. The summed E-state index contributed by atoms with van der Waals surface area (Å²) in [6.07, 6.45) is 3.74. The van der Waals surface area contributed by atoms with E-state index in [1.54, 1.807) is 11.8 Å². The third-order valence-electron chi connectivity index (χ3n) is 1.54. The lowest BCUT2D eigenvalue weighted by molar-refractivity contribution is -0.122. The summed E-state index contributed by atoms with van der Waals surface area (Å²) >= 11 is 1.71. The monoisotopic (exact) mass is 190 g/mol. The summed E-state index contributed by atoms with van der Waals surface area (Å²) in [7, 11) is 0. The zero-order valence-corrected chi connectivity index (χ0v) is 8.62. The number of thioether (sulfide) groups is 1. The highest BCUT2D eigenvalue weighted by Crippen LogP contribution is 1.93. The molecular weight excluding hydrogens is 172 g/mol. The zero-order valence-electron chi connectivity index (χ0n) is 7.80. The summed E-state index contributed by atoms with van der Waals surface area (Å²) in [4.78, 5) is 11.2. The lowest BCUT2D eigenvalue weighted by Crippen LogP contribution is -2.41. The second kappa shape index (κ2) is 7.43. The molecule has 0 spiro atoms. The third kappa shape index (κ3) is 5.43. The van der Waals surface area contributed by atoms with Crippen molar-refractivity contribution in [2.24, 2.45) is 5.73 Å². The number of carbonyl (C=O) groups is 1. The summed E-state index contributed by atoms with van der Waals surface area (Å²) in [6, 6.07) is -0.322. The van der Waals surface area contributed by atoms with Crippen LogP contribution in [-0.2, 0) is 4.79 Å². The molecule has 0 saturated carbocycles. The predicted octanol–water partition coefficient (Wildman–Crippen LogP) is 0.593. The number of nitrogens with two attached hydrogens (primary N) is 1. The number of rotatable bonds is 6. The molecule has 1 unspecified atom stereocenters. The van der Waals surface area contributed by atoms with Gasteiger partial charge in [-0.2, -0.15) is 11.8 Å². The second-order valence-electron chi connectivity index (χ2n) is 2.68. The molecule has 72 valence electrons. The standard InChI is InChI=1S/C8H18N2OS/c1-3-4-7(9)8(11)10-5-6-12-2/h7H,3-6,9H2,1-2H3,(H,10,11). The molecule has 0 aliphatic heterocycles. The van der Waals surface area contributed by atoms with Crippen LogP contribution in [0.25, 0.3) is 0 Å². The highest BCUT2D eigenvalue weighted by atomic mass is 32.2. The Bertz CT molecular complexity index is 130. The molecule has 3 nitrogen and oxygen atoms in total. The molecule has 1 amide bonds. The Balaban J connectivity index is 3.43. The Morgan fingerprint density at radius 2 is 2.33 bits per heavy atom. The van der Waals surface area contributed by atoms with Gasteiger partial charge in [-0.15, -0.1) is 0 Å². The van der Waals surface area contributed by atoms with Gasteiger partial charge in [0.25, 0.3) is 0 Å². The minimum atomic E-state index is -0.322. The highest BCUT2D eigenvalue weighted by molar-refractivity contribution is 7.98. The molecule has 1 atom stereocenters. The molecule has 0 radical (unpaired) electrons. The van der Waals surface area contributed by atoms with Crippen molar-refractivity contribution in [1.82, 2.24) is 5.32 Å². The van der Waals surface area contributed by atoms with Crippen molar-refractivity contribution in [3.63, 3.8) is 0 Å². The average molecular weight is 190 g/mol. The first-order valence-corrected chi connectivity index (χ1v) is 5.64. The molecule has 3 N–H and O–H groups in total. The van der Waals surface area contributed by atoms with Gasteiger partial charge in [0, 0.05) is 12.3 Å². The fourth-order valence-electron chi connectivity index (χ4n) is 0.849. The van der Waals surface area contributed by atoms with Gasteiger partial charge in [-0.1, -0.05) is 13.3 Å². The minimum absolute atomic E-state index is 0.0223. The molecule has 4 heteroatoms. The smallest absolute Gasteiger partial charge is 0.236 e. The summed E-state index contributed by atoms with van der Waals surface area (Å²) in [5, 5.41) is 2.78. The van der Waals surface area contributed by atoms with Crippen molar-refractivity contribution in [3.05, 3.63) is 0 Å². The van der Waals surface area contributed by atoms with Crippen LogP contribution in [0, 0.1) is 0 Å². The van der Waals surface area contributed by atoms with Gasteiger partial charge >= 0.3 is 0 Å². The summed E-state index contributed by atoms with van der Waals surface area (Å²) in [6.45, 7) is 2.74. The number of hydrogen-bond acceptors (Lipinski definition) is 3. The van der Waals surface area contributed by atoms with Crippen LogP contribution in [0.2, 0.25) is 0 Å². The lowest BCUT2D eigenvalue weighted by atomic mass is 10.2. The predicted molar refractivity (Wildman–Crippen MR) is 54.3 cm³/mol. The van der Waals surface area contributed by atoms with Gasteiger partial charge < -0.3 is 11.1 Å². The molecule has 0 heterocycles. The van der Waals surface area contributed by atoms with E-state index in [0.29, 0.717) is 0 Å². The molecule has 0 aromatic heterocycles. The van der Waals surface area contributed by atoms with E-state index in [9.17, 15) is 4.79 Å². The molecule has 0 aromatic rings. The first-order valence-electron chi connectivity index (χ1n) is 4.24. The molecule has 12 heavy (non-hydrogen) atoms. The maximum absolute atomic E-state index is 11.2. The van der Waals surface area contributed by atoms with Crippen molar-refractivity contribution in [2.75, 3.05) is 18.6 Å². The fraction of sp³-hybridized carbons (Fsp3) is 0.875. The minimum Gasteiger partial charge on any atom is -0.354 e. The molecule has 0 saturated heterocycles. The van der Waals surface area contributed by atoms with E-state index >= 15 is 0 Å². The normalized spacial score (nSPS) is 12.6. The van der Waals surface area contributed by atoms with Crippen LogP contribution in [0.1, 0.15) is 19.8 Å². The third-order valence-corrected chi connectivity index (χ3v) is 2.15. The van der Waals surface area contributed by atoms with E-state index in [0.717, 1.165) is 25.1 Å². The maximum atomic E-state index is 11.2. The summed E-state index contributed by atoms with van der Waals surface area (Å²) in [5.74, 6) is 0.927.